The fourth-order valence-corrected chi connectivity index (χ4v) is 4.84. The van der Waals surface area contributed by atoms with Crippen LogP contribution >= 0.6 is 39.1 Å². The third-order valence-electron chi connectivity index (χ3n) is 5.69. The summed E-state index contributed by atoms with van der Waals surface area (Å²) in [7, 11) is 0. The number of hydrogen-bond acceptors (Lipinski definition) is 4. The van der Waals surface area contributed by atoms with Gasteiger partial charge in [0, 0.05) is 30.1 Å². The van der Waals surface area contributed by atoms with E-state index in [9.17, 15) is 9.90 Å². The number of hydrogen-bond donors (Lipinski definition) is 3. The smallest absolute Gasteiger partial charge is 0.321 e. The molecule has 4 rings (SSSR count). The molecule has 0 unspecified atom stereocenters. The Balaban J connectivity index is 1.47. The second-order valence-corrected chi connectivity index (χ2v) is 9.88. The molecule has 3 N–H and O–H groups in total. The summed E-state index contributed by atoms with van der Waals surface area (Å²) in [5.74, 6) is 0.207. The number of H-pyrrole nitrogens is 1. The molecule has 6 nitrogen and oxygen atoms in total. The molecule has 3 aromatic carbocycles. The first-order valence-electron chi connectivity index (χ1n) is 11.4. The number of carboxylic acids is 1. The fraction of sp³-hybridized carbons (Fsp3) is 0.222. The van der Waals surface area contributed by atoms with Crippen LogP contribution in [-0.2, 0) is 24.4 Å². The van der Waals surface area contributed by atoms with Crippen LogP contribution in [0.5, 0.6) is 11.5 Å². The molecule has 4 aromatic rings. The molecule has 9 heteroatoms. The quantitative estimate of drug-likeness (QED) is 0.175. The highest BCUT2D eigenvalue weighted by Crippen LogP contribution is 2.38. The number of rotatable bonds is 11. The van der Waals surface area contributed by atoms with Crippen LogP contribution in [0.15, 0.2) is 65.3 Å². The van der Waals surface area contributed by atoms with E-state index >= 15 is 0 Å². The van der Waals surface area contributed by atoms with Crippen molar-refractivity contribution in [3.8, 4) is 11.5 Å². The van der Waals surface area contributed by atoms with Crippen molar-refractivity contribution in [2.24, 2.45) is 0 Å². The van der Waals surface area contributed by atoms with Gasteiger partial charge < -0.3 is 24.9 Å². The molecule has 0 amide bonds. The van der Waals surface area contributed by atoms with E-state index in [1.54, 1.807) is 12.1 Å². The summed E-state index contributed by atoms with van der Waals surface area (Å²) in [5.41, 5.74) is 3.66. The Bertz CT molecular complexity index is 1380. The standard InChI is InChI=1S/C27H25BrCl2N2O4/c1-2-35-25-11-17(9-20(28)26(25)36-15-16-7-8-21(29)22(30)10-16)13-31-24(27(33)34)12-18-14-32-23-6-4-3-5-19(18)23/h3-11,14,24,31-32H,2,12-13,15H2,1H3,(H,33,34)/t24-/m0/s1. The van der Waals surface area contributed by atoms with E-state index in [0.717, 1.165) is 27.6 Å². The number of nitrogens with one attached hydrogen (secondary N) is 2. The number of ether oxygens (including phenoxy) is 2. The van der Waals surface area contributed by atoms with Crippen LogP contribution < -0.4 is 14.8 Å². The lowest BCUT2D eigenvalue weighted by Gasteiger charge is -2.18. The lowest BCUT2D eigenvalue weighted by molar-refractivity contribution is -0.139. The number of benzene rings is 3. The zero-order valence-electron chi connectivity index (χ0n) is 19.5. The third kappa shape index (κ3) is 6.34. The summed E-state index contributed by atoms with van der Waals surface area (Å²) in [5, 5.41) is 15.0. The maximum Gasteiger partial charge on any atom is 0.321 e. The average Bonchev–Trinajstić information content (AvgIpc) is 3.26. The van der Waals surface area contributed by atoms with Crippen LogP contribution in [0.25, 0.3) is 10.9 Å². The number of aliphatic carboxylic acids is 1. The Labute approximate surface area is 227 Å². The summed E-state index contributed by atoms with van der Waals surface area (Å²) in [6, 6.07) is 16.2. The molecule has 36 heavy (non-hydrogen) atoms. The number of halogens is 3. The molecule has 0 saturated carbocycles. The van der Waals surface area contributed by atoms with Crippen LogP contribution in [0.3, 0.4) is 0 Å². The minimum atomic E-state index is -0.911. The van der Waals surface area contributed by atoms with Gasteiger partial charge in [0.2, 0.25) is 0 Å². The van der Waals surface area contributed by atoms with Crippen LogP contribution in [0.2, 0.25) is 10.0 Å². The Morgan fingerprint density at radius 2 is 1.89 bits per heavy atom. The molecule has 1 heterocycles. The van der Waals surface area contributed by atoms with Crippen LogP contribution in [-0.4, -0.2) is 28.7 Å². The third-order valence-corrected chi connectivity index (χ3v) is 7.01. The molecular weight excluding hydrogens is 567 g/mol. The number of carboxylic acid groups (broad SMARTS) is 1. The number of carbonyl (C=O) groups is 1. The van der Waals surface area contributed by atoms with Crippen molar-refractivity contribution in [2.75, 3.05) is 6.61 Å². The molecule has 0 aliphatic heterocycles. The van der Waals surface area contributed by atoms with Gasteiger partial charge in [0.15, 0.2) is 11.5 Å². The topological polar surface area (TPSA) is 83.6 Å². The molecule has 0 fully saturated rings. The number of aromatic nitrogens is 1. The van der Waals surface area contributed by atoms with E-state index in [-0.39, 0.29) is 6.61 Å². The molecule has 0 radical (unpaired) electrons. The largest absolute Gasteiger partial charge is 0.490 e. The van der Waals surface area contributed by atoms with Crippen molar-refractivity contribution in [1.29, 1.82) is 0 Å². The van der Waals surface area contributed by atoms with Crippen molar-refractivity contribution in [3.63, 3.8) is 0 Å². The van der Waals surface area contributed by atoms with Gasteiger partial charge in [0.1, 0.15) is 12.6 Å². The summed E-state index contributed by atoms with van der Waals surface area (Å²) >= 11 is 15.7. The zero-order chi connectivity index (χ0) is 25.7. The summed E-state index contributed by atoms with van der Waals surface area (Å²) in [6.45, 7) is 2.96. The second kappa shape index (κ2) is 12.0. The summed E-state index contributed by atoms with van der Waals surface area (Å²) in [4.78, 5) is 15.2. The highest BCUT2D eigenvalue weighted by Gasteiger charge is 2.20. The summed E-state index contributed by atoms with van der Waals surface area (Å²) in [6.07, 6.45) is 2.22. The normalized spacial score (nSPS) is 12.0. The maximum absolute atomic E-state index is 12.0. The maximum atomic E-state index is 12.0. The van der Waals surface area contributed by atoms with Gasteiger partial charge in [-0.25, -0.2) is 0 Å². The molecule has 0 saturated heterocycles. The van der Waals surface area contributed by atoms with Crippen molar-refractivity contribution < 1.29 is 19.4 Å². The fourth-order valence-electron chi connectivity index (χ4n) is 3.92. The first-order valence-corrected chi connectivity index (χ1v) is 12.9. The van der Waals surface area contributed by atoms with E-state index in [4.69, 9.17) is 32.7 Å². The van der Waals surface area contributed by atoms with Crippen LogP contribution in [0.4, 0.5) is 0 Å². The van der Waals surface area contributed by atoms with Gasteiger partial charge in [-0.3, -0.25) is 4.79 Å². The molecule has 0 aliphatic rings. The SMILES string of the molecule is CCOc1cc(CN[C@@H](Cc2c[nH]c3ccccc23)C(=O)O)cc(Br)c1OCc1ccc(Cl)c(Cl)c1. The van der Waals surface area contributed by atoms with Gasteiger partial charge in [0.25, 0.3) is 0 Å². The van der Waals surface area contributed by atoms with Crippen LogP contribution in [0, 0.1) is 0 Å². The first kappa shape index (κ1) is 26.4. The predicted octanol–water partition coefficient (Wildman–Crippen LogP) is 7.00. The van der Waals surface area contributed by atoms with Crippen LogP contribution in [0.1, 0.15) is 23.6 Å². The van der Waals surface area contributed by atoms with Gasteiger partial charge in [-0.05, 0) is 69.9 Å². The minimum Gasteiger partial charge on any atom is -0.490 e. The monoisotopic (exact) mass is 590 g/mol. The number of para-hydroxylation sites is 1. The minimum absolute atomic E-state index is 0.277. The van der Waals surface area contributed by atoms with E-state index in [1.807, 2.05) is 55.6 Å². The Morgan fingerprint density at radius 3 is 2.64 bits per heavy atom. The van der Waals surface area contributed by atoms with Gasteiger partial charge >= 0.3 is 5.97 Å². The molecule has 0 spiro atoms. The zero-order valence-corrected chi connectivity index (χ0v) is 22.6. The molecular formula is C27H25BrCl2N2O4. The van der Waals surface area contributed by atoms with E-state index < -0.39 is 12.0 Å². The van der Waals surface area contributed by atoms with Crippen molar-refractivity contribution >= 4 is 56.0 Å². The van der Waals surface area contributed by atoms with Gasteiger partial charge in [-0.15, -0.1) is 0 Å². The molecule has 188 valence electrons. The molecule has 1 aromatic heterocycles. The van der Waals surface area contributed by atoms with Gasteiger partial charge in [-0.1, -0.05) is 47.5 Å². The van der Waals surface area contributed by atoms with Crippen molar-refractivity contribution in [3.05, 3.63) is 92.0 Å². The van der Waals surface area contributed by atoms with Crippen molar-refractivity contribution in [2.45, 2.75) is 32.5 Å². The van der Waals surface area contributed by atoms with E-state index in [1.165, 1.54) is 0 Å². The Morgan fingerprint density at radius 1 is 1.08 bits per heavy atom. The first-order chi connectivity index (χ1) is 17.4. The Kier molecular flexibility index (Phi) is 8.80. The van der Waals surface area contributed by atoms with Gasteiger partial charge in [-0.2, -0.15) is 0 Å². The Hall–Kier alpha value is -2.71. The van der Waals surface area contributed by atoms with Crippen molar-refractivity contribution in [1.82, 2.24) is 10.3 Å². The summed E-state index contributed by atoms with van der Waals surface area (Å²) < 4.78 is 12.6. The molecule has 1 atom stereocenters. The number of fused-ring (bicyclic) bond motifs is 1. The van der Waals surface area contributed by atoms with E-state index in [2.05, 4.69) is 26.2 Å². The highest BCUT2D eigenvalue weighted by atomic mass is 79.9. The lowest BCUT2D eigenvalue weighted by Crippen LogP contribution is -2.38. The molecule has 0 aliphatic carbocycles. The average molecular weight is 592 g/mol. The predicted molar refractivity (Wildman–Crippen MR) is 146 cm³/mol. The molecule has 0 bridgehead atoms. The van der Waals surface area contributed by atoms with Gasteiger partial charge in [0.05, 0.1) is 21.1 Å². The van der Waals surface area contributed by atoms with E-state index in [0.29, 0.717) is 45.6 Å². The lowest BCUT2D eigenvalue weighted by atomic mass is 10.0. The second-order valence-electron chi connectivity index (χ2n) is 8.21. The highest BCUT2D eigenvalue weighted by molar-refractivity contribution is 9.10. The number of aromatic amines is 1.